The first kappa shape index (κ1) is 9.81. The standard InChI is InChI=1S/C6H9NO4/c1-4(11-2)5(6(9)10)7-3-8/h4-5H,1-2H3,(H,9,10). The molecule has 0 aliphatic heterocycles. The molecule has 0 bridgehead atoms. The van der Waals surface area contributed by atoms with Gasteiger partial charge in [0.2, 0.25) is 6.08 Å². The summed E-state index contributed by atoms with van der Waals surface area (Å²) >= 11 is 0. The van der Waals surface area contributed by atoms with E-state index in [2.05, 4.69) is 9.73 Å². The molecule has 1 N–H and O–H groups in total. The van der Waals surface area contributed by atoms with Crippen LogP contribution in [-0.4, -0.2) is 36.4 Å². The van der Waals surface area contributed by atoms with Crippen molar-refractivity contribution in [2.75, 3.05) is 7.11 Å². The Bertz CT molecular complexity index is 183. The zero-order valence-corrected chi connectivity index (χ0v) is 6.27. The number of carbonyl (C=O) groups is 1. The molecule has 0 aromatic carbocycles. The summed E-state index contributed by atoms with van der Waals surface area (Å²) in [5.74, 6) is -1.19. The summed E-state index contributed by atoms with van der Waals surface area (Å²) in [4.78, 5) is 23.1. The van der Waals surface area contributed by atoms with Gasteiger partial charge in [-0.3, -0.25) is 0 Å². The number of isocyanates is 1. The molecule has 2 unspecified atom stereocenters. The zero-order valence-electron chi connectivity index (χ0n) is 6.27. The molecular formula is C6H9NO4. The second-order valence-corrected chi connectivity index (χ2v) is 1.94. The highest BCUT2D eigenvalue weighted by molar-refractivity contribution is 5.75. The molecule has 0 aromatic heterocycles. The average Bonchev–Trinajstić information content (AvgIpc) is 1.98. The molecule has 62 valence electrons. The van der Waals surface area contributed by atoms with E-state index < -0.39 is 18.1 Å². The van der Waals surface area contributed by atoms with Gasteiger partial charge in [-0.25, -0.2) is 9.59 Å². The van der Waals surface area contributed by atoms with Gasteiger partial charge in [0.05, 0.1) is 6.10 Å². The lowest BCUT2D eigenvalue weighted by molar-refractivity contribution is -0.141. The Balaban J connectivity index is 4.32. The molecule has 0 aliphatic rings. The molecule has 5 nitrogen and oxygen atoms in total. The van der Waals surface area contributed by atoms with Crippen LogP contribution in [0.4, 0.5) is 0 Å². The van der Waals surface area contributed by atoms with Crippen molar-refractivity contribution in [1.82, 2.24) is 0 Å². The lowest BCUT2D eigenvalue weighted by Gasteiger charge is -2.11. The van der Waals surface area contributed by atoms with Crippen LogP contribution in [0.25, 0.3) is 0 Å². The van der Waals surface area contributed by atoms with Crippen LogP contribution in [0.15, 0.2) is 4.99 Å². The third-order valence-electron chi connectivity index (χ3n) is 1.26. The van der Waals surface area contributed by atoms with Crippen molar-refractivity contribution >= 4 is 12.0 Å². The first-order valence-electron chi connectivity index (χ1n) is 2.96. The Labute approximate surface area is 63.7 Å². The van der Waals surface area contributed by atoms with Crippen molar-refractivity contribution < 1.29 is 19.4 Å². The van der Waals surface area contributed by atoms with Gasteiger partial charge in [-0.05, 0) is 6.92 Å². The maximum atomic E-state index is 10.3. The highest BCUT2D eigenvalue weighted by Gasteiger charge is 2.23. The van der Waals surface area contributed by atoms with E-state index in [0.29, 0.717) is 0 Å². The number of carbonyl (C=O) groups excluding carboxylic acids is 1. The average molecular weight is 159 g/mol. The van der Waals surface area contributed by atoms with Gasteiger partial charge in [0.25, 0.3) is 0 Å². The normalized spacial score (nSPS) is 14.7. The van der Waals surface area contributed by atoms with Crippen molar-refractivity contribution in [2.45, 2.75) is 19.1 Å². The van der Waals surface area contributed by atoms with Gasteiger partial charge in [0, 0.05) is 7.11 Å². The van der Waals surface area contributed by atoms with Gasteiger partial charge < -0.3 is 9.84 Å². The molecule has 0 radical (unpaired) electrons. The van der Waals surface area contributed by atoms with E-state index in [9.17, 15) is 9.59 Å². The van der Waals surface area contributed by atoms with Gasteiger partial charge >= 0.3 is 5.97 Å². The second-order valence-electron chi connectivity index (χ2n) is 1.94. The number of aliphatic imine (C=N–C) groups is 1. The van der Waals surface area contributed by atoms with Crippen LogP contribution < -0.4 is 0 Å². The molecule has 5 heteroatoms. The number of rotatable bonds is 4. The highest BCUT2D eigenvalue weighted by atomic mass is 16.5. The summed E-state index contributed by atoms with van der Waals surface area (Å²) in [6.45, 7) is 1.51. The van der Waals surface area contributed by atoms with E-state index in [1.165, 1.54) is 20.1 Å². The van der Waals surface area contributed by atoms with Gasteiger partial charge in [-0.15, -0.1) is 0 Å². The number of carboxylic acids is 1. The zero-order chi connectivity index (χ0) is 8.85. The van der Waals surface area contributed by atoms with Gasteiger partial charge in [0.1, 0.15) is 0 Å². The number of ether oxygens (including phenoxy) is 1. The SMILES string of the molecule is COC(C)C(N=C=O)C(=O)O. The number of methoxy groups -OCH3 is 1. The fraction of sp³-hybridized carbons (Fsp3) is 0.667. The first-order valence-corrected chi connectivity index (χ1v) is 2.96. The number of hydrogen-bond acceptors (Lipinski definition) is 4. The van der Waals surface area contributed by atoms with Gasteiger partial charge in [0.15, 0.2) is 6.04 Å². The molecule has 0 amide bonds. The maximum Gasteiger partial charge on any atom is 0.332 e. The van der Waals surface area contributed by atoms with Crippen molar-refractivity contribution in [3.63, 3.8) is 0 Å². The van der Waals surface area contributed by atoms with Crippen LogP contribution >= 0.6 is 0 Å². The molecule has 0 saturated carbocycles. The predicted molar refractivity (Wildman–Crippen MR) is 36.0 cm³/mol. The van der Waals surface area contributed by atoms with Crippen LogP contribution in [0, 0.1) is 0 Å². The minimum absolute atomic E-state index is 0.617. The molecule has 11 heavy (non-hydrogen) atoms. The number of aliphatic carboxylic acids is 1. The van der Waals surface area contributed by atoms with Gasteiger partial charge in [-0.1, -0.05) is 0 Å². The smallest absolute Gasteiger partial charge is 0.332 e. The Morgan fingerprint density at radius 2 is 2.27 bits per heavy atom. The molecular weight excluding hydrogens is 150 g/mol. The molecule has 0 saturated heterocycles. The summed E-state index contributed by atoms with van der Waals surface area (Å²) in [6.07, 6.45) is 0.562. The van der Waals surface area contributed by atoms with Crippen LogP contribution in [0.3, 0.4) is 0 Å². The largest absolute Gasteiger partial charge is 0.480 e. The summed E-state index contributed by atoms with van der Waals surface area (Å²) < 4.78 is 4.67. The maximum absolute atomic E-state index is 10.3. The van der Waals surface area contributed by atoms with Crippen molar-refractivity contribution in [1.29, 1.82) is 0 Å². The van der Waals surface area contributed by atoms with E-state index in [1.807, 2.05) is 0 Å². The van der Waals surface area contributed by atoms with Crippen molar-refractivity contribution in [2.24, 2.45) is 4.99 Å². The molecule has 0 fully saturated rings. The molecule has 0 heterocycles. The summed E-state index contributed by atoms with van der Waals surface area (Å²) in [5.41, 5.74) is 0. The summed E-state index contributed by atoms with van der Waals surface area (Å²) in [7, 11) is 1.35. The van der Waals surface area contributed by atoms with Crippen LogP contribution in [0.1, 0.15) is 6.92 Å². The van der Waals surface area contributed by atoms with E-state index >= 15 is 0 Å². The summed E-state index contributed by atoms with van der Waals surface area (Å²) in [5, 5.41) is 8.45. The Hall–Kier alpha value is -1.19. The fourth-order valence-corrected chi connectivity index (χ4v) is 0.547. The van der Waals surface area contributed by atoms with E-state index in [1.54, 1.807) is 0 Å². The Kier molecular flexibility index (Phi) is 4.10. The van der Waals surface area contributed by atoms with E-state index in [-0.39, 0.29) is 0 Å². The molecule has 0 spiro atoms. The quantitative estimate of drug-likeness (QED) is 0.455. The number of hydrogen-bond donors (Lipinski definition) is 1. The molecule has 0 aliphatic carbocycles. The van der Waals surface area contributed by atoms with Crippen LogP contribution in [0.5, 0.6) is 0 Å². The van der Waals surface area contributed by atoms with Crippen LogP contribution in [0.2, 0.25) is 0 Å². The molecule has 0 rings (SSSR count). The monoisotopic (exact) mass is 159 g/mol. The highest BCUT2D eigenvalue weighted by Crippen LogP contribution is 2.01. The van der Waals surface area contributed by atoms with Crippen molar-refractivity contribution in [3.8, 4) is 0 Å². The minimum Gasteiger partial charge on any atom is -0.480 e. The lowest BCUT2D eigenvalue weighted by Crippen LogP contribution is -2.31. The third-order valence-corrected chi connectivity index (χ3v) is 1.26. The van der Waals surface area contributed by atoms with Gasteiger partial charge in [-0.2, -0.15) is 4.99 Å². The lowest BCUT2D eigenvalue weighted by atomic mass is 10.2. The Morgan fingerprint density at radius 1 is 1.73 bits per heavy atom. The minimum atomic E-state index is -1.19. The van der Waals surface area contributed by atoms with E-state index in [4.69, 9.17) is 5.11 Å². The predicted octanol–water partition coefficient (Wildman–Crippen LogP) is -0.190. The van der Waals surface area contributed by atoms with Crippen LogP contribution in [-0.2, 0) is 14.3 Å². The number of nitrogens with zero attached hydrogens (tertiary/aromatic N) is 1. The third kappa shape index (κ3) is 2.93. The first-order chi connectivity index (χ1) is 5.13. The van der Waals surface area contributed by atoms with Crippen molar-refractivity contribution in [3.05, 3.63) is 0 Å². The Morgan fingerprint density at radius 3 is 2.55 bits per heavy atom. The number of carboxylic acid groups (broad SMARTS) is 1. The molecule has 2 atom stereocenters. The van der Waals surface area contributed by atoms with E-state index in [0.717, 1.165) is 0 Å². The molecule has 0 aromatic rings. The second kappa shape index (κ2) is 4.60. The summed E-state index contributed by atoms with van der Waals surface area (Å²) in [6, 6.07) is -1.16. The topological polar surface area (TPSA) is 76.0 Å². The fourth-order valence-electron chi connectivity index (χ4n) is 0.547.